The topological polar surface area (TPSA) is 65.5 Å². The van der Waals surface area contributed by atoms with Crippen LogP contribution in [-0.2, 0) is 17.9 Å². The summed E-state index contributed by atoms with van der Waals surface area (Å²) in [5.41, 5.74) is 0.968. The molecular formula is C18H17ClF2N4O2. The number of benzene rings is 1. The number of hydrogen-bond donors (Lipinski definition) is 1. The van der Waals surface area contributed by atoms with Gasteiger partial charge in [-0.05, 0) is 23.8 Å². The third kappa shape index (κ3) is 4.00. The summed E-state index contributed by atoms with van der Waals surface area (Å²) in [5.74, 6) is -2.62. The van der Waals surface area contributed by atoms with Crippen molar-refractivity contribution in [1.82, 2.24) is 20.1 Å². The van der Waals surface area contributed by atoms with Crippen LogP contribution < -0.4 is 5.32 Å². The van der Waals surface area contributed by atoms with Crippen LogP contribution in [0.15, 0.2) is 36.5 Å². The number of carbonyl (C=O) groups excluding carboxylic acids is 2. The van der Waals surface area contributed by atoms with Gasteiger partial charge in [0.2, 0.25) is 5.91 Å². The normalized spacial score (nSPS) is 16.7. The SMILES string of the molecule is CN1C(=O)N(Cc2ccccn2)CC1C(=O)NCc1ccc(F)c(F)c1Cl. The van der Waals surface area contributed by atoms with Crippen LogP contribution in [0, 0.1) is 11.6 Å². The van der Waals surface area contributed by atoms with Gasteiger partial charge in [-0.3, -0.25) is 9.78 Å². The number of urea groups is 1. The van der Waals surface area contributed by atoms with Crippen molar-refractivity contribution in [3.05, 3.63) is 64.4 Å². The van der Waals surface area contributed by atoms with Gasteiger partial charge in [-0.15, -0.1) is 0 Å². The van der Waals surface area contributed by atoms with Crippen molar-refractivity contribution in [2.45, 2.75) is 19.1 Å². The molecule has 1 aliphatic heterocycles. The lowest BCUT2D eigenvalue weighted by molar-refractivity contribution is -0.124. The molecule has 1 N–H and O–H groups in total. The van der Waals surface area contributed by atoms with E-state index in [4.69, 9.17) is 11.6 Å². The molecule has 0 aliphatic carbocycles. The Bertz CT molecular complexity index is 866. The highest BCUT2D eigenvalue weighted by molar-refractivity contribution is 6.31. The summed E-state index contributed by atoms with van der Waals surface area (Å²) in [4.78, 5) is 31.9. The van der Waals surface area contributed by atoms with Gasteiger partial charge in [-0.2, -0.15) is 0 Å². The van der Waals surface area contributed by atoms with Crippen LogP contribution in [-0.4, -0.2) is 46.4 Å². The molecule has 0 spiro atoms. The Labute approximate surface area is 159 Å². The van der Waals surface area contributed by atoms with E-state index in [1.54, 1.807) is 18.3 Å². The molecule has 2 aromatic rings. The lowest BCUT2D eigenvalue weighted by Gasteiger charge is -2.17. The molecule has 2 heterocycles. The van der Waals surface area contributed by atoms with E-state index < -0.39 is 23.6 Å². The Morgan fingerprint density at radius 1 is 1.33 bits per heavy atom. The first kappa shape index (κ1) is 19.0. The van der Waals surface area contributed by atoms with Crippen molar-refractivity contribution in [3.8, 4) is 0 Å². The van der Waals surface area contributed by atoms with E-state index in [9.17, 15) is 18.4 Å². The van der Waals surface area contributed by atoms with Gasteiger partial charge >= 0.3 is 6.03 Å². The molecule has 1 atom stereocenters. The van der Waals surface area contributed by atoms with Gasteiger partial charge in [-0.1, -0.05) is 23.7 Å². The third-order valence-corrected chi connectivity index (χ3v) is 4.79. The Hall–Kier alpha value is -2.74. The molecule has 6 nitrogen and oxygen atoms in total. The van der Waals surface area contributed by atoms with Crippen molar-refractivity contribution in [1.29, 1.82) is 0 Å². The average molecular weight is 395 g/mol. The summed E-state index contributed by atoms with van der Waals surface area (Å²) in [6.07, 6.45) is 1.63. The summed E-state index contributed by atoms with van der Waals surface area (Å²) in [6.45, 7) is 0.416. The quantitative estimate of drug-likeness (QED) is 0.793. The third-order valence-electron chi connectivity index (χ3n) is 4.38. The lowest BCUT2D eigenvalue weighted by Crippen LogP contribution is -2.43. The predicted molar refractivity (Wildman–Crippen MR) is 94.8 cm³/mol. The second-order valence-electron chi connectivity index (χ2n) is 6.16. The van der Waals surface area contributed by atoms with E-state index >= 15 is 0 Å². The Morgan fingerprint density at radius 3 is 2.81 bits per heavy atom. The highest BCUT2D eigenvalue weighted by Gasteiger charge is 2.39. The van der Waals surface area contributed by atoms with Gasteiger partial charge in [-0.25, -0.2) is 13.6 Å². The molecule has 0 saturated carbocycles. The Morgan fingerprint density at radius 2 is 2.11 bits per heavy atom. The first-order chi connectivity index (χ1) is 12.9. The fraction of sp³-hybridized carbons (Fsp3) is 0.278. The molecule has 0 radical (unpaired) electrons. The van der Waals surface area contributed by atoms with Crippen LogP contribution in [0.1, 0.15) is 11.3 Å². The van der Waals surface area contributed by atoms with Gasteiger partial charge in [0.1, 0.15) is 6.04 Å². The van der Waals surface area contributed by atoms with Crippen molar-refractivity contribution in [2.75, 3.05) is 13.6 Å². The van der Waals surface area contributed by atoms with E-state index in [1.165, 1.54) is 22.9 Å². The molecule has 0 bridgehead atoms. The zero-order valence-corrected chi connectivity index (χ0v) is 15.2. The largest absolute Gasteiger partial charge is 0.350 e. The van der Waals surface area contributed by atoms with E-state index in [-0.39, 0.29) is 29.7 Å². The molecule has 3 rings (SSSR count). The van der Waals surface area contributed by atoms with Crippen LogP contribution in [0.5, 0.6) is 0 Å². The molecule has 1 unspecified atom stereocenters. The molecule has 1 aromatic carbocycles. The average Bonchev–Trinajstić information content (AvgIpc) is 2.95. The number of aromatic nitrogens is 1. The maximum Gasteiger partial charge on any atom is 0.320 e. The fourth-order valence-corrected chi connectivity index (χ4v) is 3.07. The number of hydrogen-bond acceptors (Lipinski definition) is 3. The molecule has 3 amide bonds. The number of amides is 3. The maximum absolute atomic E-state index is 13.5. The second kappa shape index (κ2) is 7.87. The minimum absolute atomic E-state index is 0.0758. The molecule has 1 saturated heterocycles. The van der Waals surface area contributed by atoms with Crippen LogP contribution >= 0.6 is 11.6 Å². The van der Waals surface area contributed by atoms with Crippen molar-refractivity contribution in [2.24, 2.45) is 0 Å². The maximum atomic E-state index is 13.5. The van der Waals surface area contributed by atoms with Crippen LogP contribution in [0.25, 0.3) is 0 Å². The van der Waals surface area contributed by atoms with E-state index in [0.717, 1.165) is 6.07 Å². The van der Waals surface area contributed by atoms with Crippen molar-refractivity contribution >= 4 is 23.5 Å². The van der Waals surface area contributed by atoms with E-state index in [2.05, 4.69) is 10.3 Å². The number of nitrogens with zero attached hydrogens (tertiary/aromatic N) is 3. The predicted octanol–water partition coefficient (Wildman–Crippen LogP) is 2.57. The number of nitrogens with one attached hydrogen (secondary N) is 1. The van der Waals surface area contributed by atoms with E-state index in [0.29, 0.717) is 12.2 Å². The van der Waals surface area contributed by atoms with Gasteiger partial charge < -0.3 is 15.1 Å². The van der Waals surface area contributed by atoms with Gasteiger partial charge in [0.15, 0.2) is 11.6 Å². The summed E-state index contributed by atoms with van der Waals surface area (Å²) in [6, 6.07) is 6.66. The molecular weight excluding hydrogens is 378 g/mol. The minimum atomic E-state index is -1.15. The molecule has 1 fully saturated rings. The number of halogens is 3. The second-order valence-corrected chi connectivity index (χ2v) is 6.54. The highest BCUT2D eigenvalue weighted by atomic mass is 35.5. The molecule has 142 valence electrons. The monoisotopic (exact) mass is 394 g/mol. The Balaban J connectivity index is 1.63. The molecule has 27 heavy (non-hydrogen) atoms. The van der Waals surface area contributed by atoms with E-state index in [1.807, 2.05) is 6.07 Å². The van der Waals surface area contributed by atoms with Crippen molar-refractivity contribution in [3.63, 3.8) is 0 Å². The lowest BCUT2D eigenvalue weighted by atomic mass is 10.2. The zero-order chi connectivity index (χ0) is 19.6. The van der Waals surface area contributed by atoms with Gasteiger partial charge in [0.05, 0.1) is 23.8 Å². The standard InChI is InChI=1S/C18H17ClF2N4O2/c1-24-14(10-25(18(24)27)9-12-4-2-3-7-22-12)17(26)23-8-11-5-6-13(20)16(21)15(11)19/h2-7,14H,8-10H2,1H3,(H,23,26). The smallest absolute Gasteiger partial charge is 0.320 e. The zero-order valence-electron chi connectivity index (χ0n) is 14.5. The number of carbonyl (C=O) groups is 2. The fourth-order valence-electron chi connectivity index (χ4n) is 2.85. The van der Waals surface area contributed by atoms with Crippen LogP contribution in [0.3, 0.4) is 0 Å². The summed E-state index contributed by atoms with van der Waals surface area (Å²) < 4.78 is 26.6. The first-order valence-electron chi connectivity index (χ1n) is 8.20. The molecule has 1 aromatic heterocycles. The van der Waals surface area contributed by atoms with Gasteiger partial charge in [0.25, 0.3) is 0 Å². The Kier molecular flexibility index (Phi) is 5.55. The highest BCUT2D eigenvalue weighted by Crippen LogP contribution is 2.22. The van der Waals surface area contributed by atoms with Gasteiger partial charge in [0, 0.05) is 19.8 Å². The molecule has 9 heteroatoms. The number of rotatable bonds is 5. The molecule has 1 aliphatic rings. The summed E-state index contributed by atoms with van der Waals surface area (Å²) >= 11 is 5.76. The number of pyridine rings is 1. The van der Waals surface area contributed by atoms with Crippen LogP contribution in [0.4, 0.5) is 13.6 Å². The number of likely N-dealkylation sites (N-methyl/N-ethyl adjacent to an activating group) is 1. The van der Waals surface area contributed by atoms with Crippen LogP contribution in [0.2, 0.25) is 5.02 Å². The summed E-state index contributed by atoms with van der Waals surface area (Å²) in [5, 5.41) is 2.24. The minimum Gasteiger partial charge on any atom is -0.350 e. The van der Waals surface area contributed by atoms with Crippen molar-refractivity contribution < 1.29 is 18.4 Å². The summed E-state index contributed by atoms with van der Waals surface area (Å²) in [7, 11) is 1.54. The first-order valence-corrected chi connectivity index (χ1v) is 8.58.